The molecule has 0 aromatic heterocycles. The summed E-state index contributed by atoms with van der Waals surface area (Å²) in [6.07, 6.45) is 0.265. The van der Waals surface area contributed by atoms with Crippen LogP contribution in [0.15, 0.2) is 42.5 Å². The molecule has 0 aliphatic heterocycles. The highest BCUT2D eigenvalue weighted by Gasteiger charge is 2.30. The topological polar surface area (TPSA) is 29.5 Å². The molecule has 0 saturated carbocycles. The van der Waals surface area contributed by atoms with E-state index in [2.05, 4.69) is 0 Å². The maximum absolute atomic E-state index is 14.0. The molecule has 0 radical (unpaired) electrons. The highest BCUT2D eigenvalue weighted by molar-refractivity contribution is 6.30. The molecule has 0 aliphatic carbocycles. The highest BCUT2D eigenvalue weighted by atomic mass is 35.5. The van der Waals surface area contributed by atoms with Crippen molar-refractivity contribution in [3.8, 4) is 5.75 Å². The van der Waals surface area contributed by atoms with Gasteiger partial charge in [0, 0.05) is 11.4 Å². The fraction of sp³-hybridized carbons (Fsp3) is 0.250. The van der Waals surface area contributed by atoms with Gasteiger partial charge in [0.25, 0.3) is 0 Å². The van der Waals surface area contributed by atoms with Gasteiger partial charge in [0.2, 0.25) is 0 Å². The summed E-state index contributed by atoms with van der Waals surface area (Å²) in [5.41, 5.74) is -0.341. The maximum Gasteiger partial charge on any atom is 0.133 e. The molecule has 0 fully saturated rings. The molecule has 106 valence electrons. The van der Waals surface area contributed by atoms with Gasteiger partial charge in [-0.1, -0.05) is 29.8 Å². The van der Waals surface area contributed by atoms with E-state index in [1.165, 1.54) is 13.2 Å². The minimum absolute atomic E-state index is 0.164. The smallest absolute Gasteiger partial charge is 0.133 e. The van der Waals surface area contributed by atoms with Gasteiger partial charge < -0.3 is 9.84 Å². The Bertz CT molecular complexity index is 594. The van der Waals surface area contributed by atoms with Crippen LogP contribution in [0.3, 0.4) is 0 Å². The first kappa shape index (κ1) is 14.8. The lowest BCUT2D eigenvalue weighted by molar-refractivity contribution is 0.0510. The molecule has 20 heavy (non-hydrogen) atoms. The first-order valence-electron chi connectivity index (χ1n) is 6.24. The first-order valence-corrected chi connectivity index (χ1v) is 6.61. The van der Waals surface area contributed by atoms with Crippen molar-refractivity contribution in [1.29, 1.82) is 0 Å². The minimum atomic E-state index is -1.37. The number of methoxy groups -OCH3 is 1. The zero-order valence-electron chi connectivity index (χ0n) is 11.4. The highest BCUT2D eigenvalue weighted by Crippen LogP contribution is 2.34. The molecule has 1 N–H and O–H groups in total. The van der Waals surface area contributed by atoms with E-state index in [1.54, 1.807) is 31.2 Å². The van der Waals surface area contributed by atoms with Crippen LogP contribution in [-0.4, -0.2) is 12.2 Å². The third-order valence-corrected chi connectivity index (χ3v) is 3.45. The van der Waals surface area contributed by atoms with Crippen LogP contribution in [0.4, 0.5) is 4.39 Å². The monoisotopic (exact) mass is 294 g/mol. The zero-order chi connectivity index (χ0) is 14.8. The number of benzene rings is 2. The van der Waals surface area contributed by atoms with Gasteiger partial charge in [0.1, 0.15) is 11.6 Å². The van der Waals surface area contributed by atoms with Gasteiger partial charge in [-0.2, -0.15) is 0 Å². The molecule has 4 heteroatoms. The van der Waals surface area contributed by atoms with Gasteiger partial charge in [-0.3, -0.25) is 0 Å². The first-order chi connectivity index (χ1) is 9.44. The molecule has 2 nitrogen and oxygen atoms in total. The summed E-state index contributed by atoms with van der Waals surface area (Å²) in [6.45, 7) is 1.57. The molecule has 2 aromatic rings. The summed E-state index contributed by atoms with van der Waals surface area (Å²) in [5, 5.41) is 11.3. The van der Waals surface area contributed by atoms with Gasteiger partial charge in [-0.15, -0.1) is 0 Å². The van der Waals surface area contributed by atoms with Gasteiger partial charge in [0.05, 0.1) is 18.3 Å². The standard InChI is InChI=1S/C16H16ClFO2/c1-16(19,10-11-6-8-12(17)9-7-11)15-13(18)4-3-5-14(15)20-2/h3-9,19H,10H2,1-2H3. The van der Waals surface area contributed by atoms with E-state index in [0.29, 0.717) is 10.8 Å². The Kier molecular flexibility index (Phi) is 4.31. The van der Waals surface area contributed by atoms with Gasteiger partial charge in [0.15, 0.2) is 0 Å². The molecule has 2 rings (SSSR count). The van der Waals surface area contributed by atoms with Crippen molar-refractivity contribution in [3.63, 3.8) is 0 Å². The van der Waals surface area contributed by atoms with E-state index in [4.69, 9.17) is 16.3 Å². The summed E-state index contributed by atoms with van der Waals surface area (Å²) >= 11 is 5.83. The normalized spacial score (nSPS) is 13.8. The minimum Gasteiger partial charge on any atom is -0.496 e. The number of ether oxygens (including phenoxy) is 1. The van der Waals surface area contributed by atoms with Crippen LogP contribution in [0.1, 0.15) is 18.1 Å². The lowest BCUT2D eigenvalue weighted by Gasteiger charge is -2.26. The van der Waals surface area contributed by atoms with Crippen LogP contribution >= 0.6 is 11.6 Å². The predicted molar refractivity (Wildman–Crippen MR) is 77.7 cm³/mol. The molecule has 0 heterocycles. The van der Waals surface area contributed by atoms with E-state index in [0.717, 1.165) is 5.56 Å². The van der Waals surface area contributed by atoms with E-state index in [9.17, 15) is 9.50 Å². The Morgan fingerprint density at radius 3 is 2.45 bits per heavy atom. The van der Waals surface area contributed by atoms with E-state index in [-0.39, 0.29) is 12.0 Å². The quantitative estimate of drug-likeness (QED) is 0.925. The molecular formula is C16H16ClFO2. The summed E-state index contributed by atoms with van der Waals surface area (Å²) in [6, 6.07) is 11.6. The molecule has 2 aromatic carbocycles. The second-order valence-corrected chi connectivity index (χ2v) is 5.33. The molecule has 0 spiro atoms. The number of hydrogen-bond acceptors (Lipinski definition) is 2. The number of hydrogen-bond donors (Lipinski definition) is 1. The Hall–Kier alpha value is -1.58. The molecule has 1 atom stereocenters. The number of rotatable bonds is 4. The van der Waals surface area contributed by atoms with Crippen LogP contribution < -0.4 is 4.74 Å². The molecule has 1 unspecified atom stereocenters. The van der Waals surface area contributed by atoms with Crippen LogP contribution in [0, 0.1) is 5.82 Å². The van der Waals surface area contributed by atoms with Crippen molar-refractivity contribution in [2.75, 3.05) is 7.11 Å². The van der Waals surface area contributed by atoms with Crippen molar-refractivity contribution in [3.05, 3.63) is 64.4 Å². The van der Waals surface area contributed by atoms with Gasteiger partial charge in [-0.25, -0.2) is 4.39 Å². The van der Waals surface area contributed by atoms with Crippen molar-refractivity contribution >= 4 is 11.6 Å². The fourth-order valence-electron chi connectivity index (χ4n) is 2.29. The van der Waals surface area contributed by atoms with E-state index >= 15 is 0 Å². The Morgan fingerprint density at radius 2 is 1.85 bits per heavy atom. The van der Waals surface area contributed by atoms with Crippen LogP contribution in [0.5, 0.6) is 5.75 Å². The Balaban J connectivity index is 2.37. The third kappa shape index (κ3) is 3.11. The van der Waals surface area contributed by atoms with Crippen molar-refractivity contribution < 1.29 is 14.2 Å². The van der Waals surface area contributed by atoms with Gasteiger partial charge >= 0.3 is 0 Å². The zero-order valence-corrected chi connectivity index (χ0v) is 12.1. The lowest BCUT2D eigenvalue weighted by Crippen LogP contribution is -2.26. The number of halogens is 2. The lowest BCUT2D eigenvalue weighted by atomic mass is 9.88. The average molecular weight is 295 g/mol. The van der Waals surface area contributed by atoms with E-state index in [1.807, 2.05) is 12.1 Å². The summed E-state index contributed by atoms with van der Waals surface area (Å²) in [5.74, 6) is -0.146. The van der Waals surface area contributed by atoms with Crippen molar-refractivity contribution in [2.24, 2.45) is 0 Å². The van der Waals surface area contributed by atoms with Crippen LogP contribution in [-0.2, 0) is 12.0 Å². The summed E-state index contributed by atoms with van der Waals surface area (Å²) in [7, 11) is 1.46. The largest absolute Gasteiger partial charge is 0.496 e. The molecule has 0 saturated heterocycles. The fourth-order valence-corrected chi connectivity index (χ4v) is 2.41. The average Bonchev–Trinajstić information content (AvgIpc) is 2.40. The predicted octanol–water partition coefficient (Wildman–Crippen LogP) is 3.94. The summed E-state index contributed by atoms with van der Waals surface area (Å²) in [4.78, 5) is 0. The molecular weight excluding hydrogens is 279 g/mol. The van der Waals surface area contributed by atoms with Gasteiger partial charge in [-0.05, 0) is 36.8 Å². The second kappa shape index (κ2) is 5.81. The third-order valence-electron chi connectivity index (χ3n) is 3.20. The molecule has 0 amide bonds. The van der Waals surface area contributed by atoms with E-state index < -0.39 is 11.4 Å². The van der Waals surface area contributed by atoms with Crippen LogP contribution in [0.2, 0.25) is 5.02 Å². The second-order valence-electron chi connectivity index (χ2n) is 4.89. The molecule has 0 aliphatic rings. The van der Waals surface area contributed by atoms with Crippen LogP contribution in [0.25, 0.3) is 0 Å². The number of aliphatic hydroxyl groups is 1. The van der Waals surface area contributed by atoms with Crippen molar-refractivity contribution in [1.82, 2.24) is 0 Å². The SMILES string of the molecule is COc1cccc(F)c1C(C)(O)Cc1ccc(Cl)cc1. The Morgan fingerprint density at radius 1 is 1.20 bits per heavy atom. The van der Waals surface area contributed by atoms with Crippen molar-refractivity contribution in [2.45, 2.75) is 18.9 Å². The Labute approximate surface area is 122 Å². The summed E-state index contributed by atoms with van der Waals surface area (Å²) < 4.78 is 19.2. The molecule has 0 bridgehead atoms. The maximum atomic E-state index is 14.0.